The van der Waals surface area contributed by atoms with Gasteiger partial charge in [-0.1, -0.05) is 182 Å². The normalized spacial score (nSPS) is 23.1. The van der Waals surface area contributed by atoms with Crippen LogP contribution in [0.25, 0.3) is 0 Å². The third-order valence-electron chi connectivity index (χ3n) is 11.7. The van der Waals surface area contributed by atoms with Crippen LogP contribution in [0.3, 0.4) is 0 Å². The molecule has 2 heterocycles. The lowest BCUT2D eigenvalue weighted by Crippen LogP contribution is -2.60. The van der Waals surface area contributed by atoms with Crippen molar-refractivity contribution < 1.29 is 42.6 Å². The summed E-state index contributed by atoms with van der Waals surface area (Å²) in [6.45, 7) is 2.59. The molecular formula is C56H60O9. The van der Waals surface area contributed by atoms with Gasteiger partial charge in [-0.2, -0.15) is 0 Å². The van der Waals surface area contributed by atoms with Gasteiger partial charge in [0, 0.05) is 13.5 Å². The molecule has 0 aromatic heterocycles. The van der Waals surface area contributed by atoms with Crippen LogP contribution < -0.4 is 0 Å². The van der Waals surface area contributed by atoms with E-state index in [9.17, 15) is 0 Å². The van der Waals surface area contributed by atoms with Crippen molar-refractivity contribution in [1.82, 2.24) is 0 Å². The van der Waals surface area contributed by atoms with E-state index in [0.717, 1.165) is 39.1 Å². The predicted octanol–water partition coefficient (Wildman–Crippen LogP) is 10.6. The van der Waals surface area contributed by atoms with Gasteiger partial charge in [0.1, 0.15) is 30.5 Å². The zero-order chi connectivity index (χ0) is 44.3. The van der Waals surface area contributed by atoms with Gasteiger partial charge in [0.15, 0.2) is 12.4 Å². The largest absolute Gasteiger partial charge is 0.490 e. The Morgan fingerprint density at radius 3 is 1.23 bits per heavy atom. The Morgan fingerprint density at radius 1 is 0.400 bits per heavy atom. The van der Waals surface area contributed by atoms with Crippen molar-refractivity contribution in [1.29, 1.82) is 0 Å². The van der Waals surface area contributed by atoms with E-state index in [1.807, 2.05) is 121 Å². The zero-order valence-electron chi connectivity index (χ0n) is 37.1. The Hall–Kier alpha value is -5.46. The first-order valence-corrected chi connectivity index (χ1v) is 22.6. The van der Waals surface area contributed by atoms with Crippen molar-refractivity contribution in [2.24, 2.45) is 0 Å². The van der Waals surface area contributed by atoms with Gasteiger partial charge < -0.3 is 42.6 Å². The molecule has 2 aliphatic rings. The number of rotatable bonds is 23. The molecule has 0 spiro atoms. The fourth-order valence-corrected chi connectivity index (χ4v) is 8.26. The van der Waals surface area contributed by atoms with Crippen molar-refractivity contribution in [2.45, 2.75) is 102 Å². The standard InChI is InChI=1S/C56H60O9/c1-57-56-55(63-40-47-30-18-7-19-31-47)54(62-39-46-28-16-6-17-29-46)53(61-38-45-26-14-5-15-27-45)49(65-56)33-32-48-34-50(59-36-43-22-10-3-11-23-43)52(60-37-44-24-12-4-13-25-44)51(64-48)41-58-35-42-20-8-2-9-21-42/h2-31,34,49-56H,32-33,35-41H2,1H3/t49-,50-,51-,52-,53-,54+,55-,56+/m1/s1. The summed E-state index contributed by atoms with van der Waals surface area (Å²) in [7, 11) is 1.65. The predicted molar refractivity (Wildman–Crippen MR) is 249 cm³/mol. The average Bonchev–Trinajstić information content (AvgIpc) is 3.37. The fraction of sp³-hybridized carbons (Fsp3) is 0.321. The molecule has 1 saturated heterocycles. The van der Waals surface area contributed by atoms with E-state index in [4.69, 9.17) is 42.6 Å². The molecule has 0 unspecified atom stereocenters. The monoisotopic (exact) mass is 876 g/mol. The number of allylic oxidation sites excluding steroid dienone is 1. The van der Waals surface area contributed by atoms with Crippen molar-refractivity contribution in [3.8, 4) is 0 Å². The minimum atomic E-state index is -0.737. The van der Waals surface area contributed by atoms with E-state index in [0.29, 0.717) is 59.1 Å². The van der Waals surface area contributed by atoms with E-state index in [1.165, 1.54) is 0 Å². The highest BCUT2D eigenvalue weighted by Gasteiger charge is 2.49. The lowest BCUT2D eigenvalue weighted by molar-refractivity contribution is -0.318. The molecule has 8 rings (SSSR count). The molecule has 9 nitrogen and oxygen atoms in total. The van der Waals surface area contributed by atoms with Crippen LogP contribution >= 0.6 is 0 Å². The average molecular weight is 877 g/mol. The second kappa shape index (κ2) is 24.7. The minimum absolute atomic E-state index is 0.293. The van der Waals surface area contributed by atoms with Gasteiger partial charge in [0.05, 0.1) is 58.1 Å². The number of hydrogen-bond donors (Lipinski definition) is 0. The van der Waals surface area contributed by atoms with Crippen LogP contribution in [0, 0.1) is 0 Å². The molecule has 6 aromatic rings. The van der Waals surface area contributed by atoms with Gasteiger partial charge >= 0.3 is 0 Å². The molecular weight excluding hydrogens is 817 g/mol. The van der Waals surface area contributed by atoms with Crippen LogP contribution in [0.5, 0.6) is 0 Å². The Bertz CT molecular complexity index is 2250. The maximum absolute atomic E-state index is 6.90. The SMILES string of the molecule is CO[C@H]1O[C@H](CCC2=C[C@@H](OCc3ccccc3)[C@@H](OCc3ccccc3)[C@@H](COCc3ccccc3)O2)[C@@H](OCc2ccccc2)[C@H](OCc2ccccc2)[C@H]1OCc1ccccc1. The molecule has 9 heteroatoms. The zero-order valence-corrected chi connectivity index (χ0v) is 37.1. The van der Waals surface area contributed by atoms with E-state index >= 15 is 0 Å². The molecule has 338 valence electrons. The summed E-state index contributed by atoms with van der Waals surface area (Å²) < 4.78 is 60.2. The highest BCUT2D eigenvalue weighted by molar-refractivity contribution is 5.19. The topological polar surface area (TPSA) is 83.1 Å². The van der Waals surface area contributed by atoms with E-state index < -0.39 is 49.0 Å². The first-order valence-electron chi connectivity index (χ1n) is 22.6. The second-order valence-electron chi connectivity index (χ2n) is 16.4. The van der Waals surface area contributed by atoms with Crippen LogP contribution in [-0.4, -0.2) is 62.7 Å². The molecule has 65 heavy (non-hydrogen) atoms. The molecule has 0 bridgehead atoms. The molecule has 0 aliphatic carbocycles. The Balaban J connectivity index is 1.07. The molecule has 2 aliphatic heterocycles. The van der Waals surface area contributed by atoms with Gasteiger partial charge in [-0.15, -0.1) is 0 Å². The first-order chi connectivity index (χ1) is 32.2. The lowest BCUT2D eigenvalue weighted by Gasteiger charge is -2.46. The van der Waals surface area contributed by atoms with Crippen molar-refractivity contribution in [3.63, 3.8) is 0 Å². The maximum Gasteiger partial charge on any atom is 0.186 e. The first kappa shape index (κ1) is 46.1. The van der Waals surface area contributed by atoms with E-state index in [-0.39, 0.29) is 0 Å². The summed E-state index contributed by atoms with van der Waals surface area (Å²) in [5, 5.41) is 0. The van der Waals surface area contributed by atoms with E-state index in [1.54, 1.807) is 7.11 Å². The second-order valence-corrected chi connectivity index (χ2v) is 16.4. The van der Waals surface area contributed by atoms with Gasteiger partial charge in [-0.05, 0) is 45.9 Å². The summed E-state index contributed by atoms with van der Waals surface area (Å²) in [6, 6.07) is 60.9. The van der Waals surface area contributed by atoms with Gasteiger partial charge in [-0.3, -0.25) is 0 Å². The van der Waals surface area contributed by atoms with Crippen LogP contribution in [-0.2, 0) is 82.3 Å². The number of methoxy groups -OCH3 is 1. The molecule has 0 radical (unpaired) electrons. The third-order valence-corrected chi connectivity index (χ3v) is 11.7. The van der Waals surface area contributed by atoms with Crippen molar-refractivity contribution in [3.05, 3.63) is 227 Å². The van der Waals surface area contributed by atoms with Crippen LogP contribution in [0.15, 0.2) is 194 Å². The number of benzene rings is 6. The number of ether oxygens (including phenoxy) is 9. The minimum Gasteiger partial charge on any atom is -0.490 e. The molecule has 8 atom stereocenters. The van der Waals surface area contributed by atoms with Crippen LogP contribution in [0.4, 0.5) is 0 Å². The molecule has 0 amide bonds. The quantitative estimate of drug-likeness (QED) is 0.0625. The summed E-state index contributed by atoms with van der Waals surface area (Å²) in [6.07, 6.45) is -1.14. The van der Waals surface area contributed by atoms with Gasteiger partial charge in [0.2, 0.25) is 0 Å². The summed E-state index contributed by atoms with van der Waals surface area (Å²) in [4.78, 5) is 0. The molecule has 0 N–H and O–H groups in total. The lowest BCUT2D eigenvalue weighted by atomic mass is 9.93. The fourth-order valence-electron chi connectivity index (χ4n) is 8.26. The van der Waals surface area contributed by atoms with Crippen molar-refractivity contribution in [2.75, 3.05) is 13.7 Å². The summed E-state index contributed by atoms with van der Waals surface area (Å²) in [5.41, 5.74) is 6.33. The smallest absolute Gasteiger partial charge is 0.186 e. The molecule has 0 saturated carbocycles. The highest BCUT2D eigenvalue weighted by atomic mass is 16.7. The van der Waals surface area contributed by atoms with Crippen molar-refractivity contribution >= 4 is 0 Å². The van der Waals surface area contributed by atoms with E-state index in [2.05, 4.69) is 66.7 Å². The Labute approximate surface area is 383 Å². The molecule has 1 fully saturated rings. The summed E-state index contributed by atoms with van der Waals surface area (Å²) >= 11 is 0. The van der Waals surface area contributed by atoms with Gasteiger partial charge in [-0.25, -0.2) is 0 Å². The summed E-state index contributed by atoms with van der Waals surface area (Å²) in [5.74, 6) is 0.763. The Kier molecular flexibility index (Phi) is 17.5. The van der Waals surface area contributed by atoms with Crippen LogP contribution in [0.1, 0.15) is 46.2 Å². The maximum atomic E-state index is 6.90. The van der Waals surface area contributed by atoms with Gasteiger partial charge in [0.25, 0.3) is 0 Å². The molecule has 6 aromatic carbocycles. The number of hydrogen-bond acceptors (Lipinski definition) is 9. The Morgan fingerprint density at radius 2 is 0.785 bits per heavy atom. The highest BCUT2D eigenvalue weighted by Crippen LogP contribution is 2.35. The third kappa shape index (κ3) is 13.8. The van der Waals surface area contributed by atoms with Crippen LogP contribution in [0.2, 0.25) is 0 Å².